The number of para-hydroxylation sites is 2. The average molecular weight is 390 g/mol. The second-order valence-corrected chi connectivity index (χ2v) is 6.16. The van der Waals surface area contributed by atoms with Crippen LogP contribution in [0.5, 0.6) is 11.5 Å². The van der Waals surface area contributed by atoms with Crippen LogP contribution in [0.4, 0.5) is 0 Å². The summed E-state index contributed by atoms with van der Waals surface area (Å²) in [6, 6.07) is 12.4. The molecule has 3 rings (SSSR count). The number of allylic oxidation sites excluding steroid dienone is 4. The van der Waals surface area contributed by atoms with E-state index in [-0.39, 0.29) is 39.7 Å². The molecule has 0 aromatic heterocycles. The van der Waals surface area contributed by atoms with E-state index >= 15 is 0 Å². The Balaban J connectivity index is 1.85. The molecular weight excluding hydrogens is 372 g/mol. The zero-order chi connectivity index (χ0) is 20.8. The summed E-state index contributed by atoms with van der Waals surface area (Å²) in [6.07, 6.45) is 6.81. The second kappa shape index (κ2) is 8.84. The Labute approximate surface area is 167 Å². The lowest BCUT2D eigenvalue weighted by atomic mass is 10.1. The lowest BCUT2D eigenvalue weighted by Crippen LogP contribution is -2.17. The summed E-state index contributed by atoms with van der Waals surface area (Å²) in [5.74, 6) is -1.95. The normalized spacial score (nSPS) is 13.0. The van der Waals surface area contributed by atoms with Crippen molar-refractivity contribution in [2.24, 2.45) is 0 Å². The first-order valence-electron chi connectivity index (χ1n) is 8.87. The first kappa shape index (κ1) is 19.8. The molecule has 0 unspecified atom stereocenters. The number of Topliss-reactive ketones (excluding diaryl/α,β-unsaturated/α-hetero) is 1. The van der Waals surface area contributed by atoms with Gasteiger partial charge >= 0.3 is 11.9 Å². The van der Waals surface area contributed by atoms with Crippen LogP contribution in [0, 0.1) is 0 Å². The molecule has 2 aromatic carbocycles. The van der Waals surface area contributed by atoms with E-state index in [0.717, 1.165) is 0 Å². The van der Waals surface area contributed by atoms with Crippen LogP contribution in [0.25, 0.3) is 0 Å². The Hall–Kier alpha value is -3.93. The molecule has 0 aliphatic heterocycles. The molecule has 0 bridgehead atoms. The standard InChI is InChI=1S/C23H18O6/c1-15(24)16-9-5-7-13-20(16)28-23(27)18-11-6-8-14-21(18)29-22(26)17-10-3-2-4-12-19(17)25/h2-3,5-14,25H,4H2,1H3. The molecule has 6 nitrogen and oxygen atoms in total. The Morgan fingerprint density at radius 3 is 2.14 bits per heavy atom. The van der Waals surface area contributed by atoms with Crippen molar-refractivity contribution in [3.05, 3.63) is 95.3 Å². The van der Waals surface area contributed by atoms with Crippen molar-refractivity contribution in [1.82, 2.24) is 0 Å². The lowest BCUT2D eigenvalue weighted by molar-refractivity contribution is -0.130. The maximum atomic E-state index is 12.7. The highest BCUT2D eigenvalue weighted by Gasteiger charge is 2.22. The number of carbonyl (C=O) groups is 3. The van der Waals surface area contributed by atoms with Gasteiger partial charge in [0.15, 0.2) is 5.78 Å². The molecular formula is C23H18O6. The van der Waals surface area contributed by atoms with Crippen molar-refractivity contribution in [2.45, 2.75) is 13.3 Å². The minimum absolute atomic E-state index is 0.00689. The fourth-order valence-electron chi connectivity index (χ4n) is 2.67. The van der Waals surface area contributed by atoms with Gasteiger partial charge in [0.05, 0.1) is 5.56 Å². The Bertz CT molecular complexity index is 1060. The fourth-order valence-corrected chi connectivity index (χ4v) is 2.67. The molecule has 1 aliphatic rings. The summed E-state index contributed by atoms with van der Waals surface area (Å²) < 4.78 is 10.7. The number of aliphatic hydroxyl groups is 1. The summed E-state index contributed by atoms with van der Waals surface area (Å²) in [5.41, 5.74) is 0.247. The lowest BCUT2D eigenvalue weighted by Gasteiger charge is -2.12. The highest BCUT2D eigenvalue weighted by molar-refractivity contribution is 6.01. The number of benzene rings is 2. The first-order chi connectivity index (χ1) is 14.0. The molecule has 0 heterocycles. The summed E-state index contributed by atoms with van der Waals surface area (Å²) in [4.78, 5) is 36.9. The van der Waals surface area contributed by atoms with E-state index in [4.69, 9.17) is 9.47 Å². The number of ether oxygens (including phenoxy) is 2. The molecule has 29 heavy (non-hydrogen) atoms. The van der Waals surface area contributed by atoms with Crippen molar-refractivity contribution < 1.29 is 29.0 Å². The molecule has 0 saturated carbocycles. The summed E-state index contributed by atoms with van der Waals surface area (Å²) in [7, 11) is 0. The summed E-state index contributed by atoms with van der Waals surface area (Å²) in [6.45, 7) is 1.37. The number of ketones is 1. The number of carbonyl (C=O) groups excluding carboxylic acids is 3. The van der Waals surface area contributed by atoms with Crippen LogP contribution in [-0.2, 0) is 4.79 Å². The third-order valence-corrected chi connectivity index (χ3v) is 4.12. The van der Waals surface area contributed by atoms with Crippen molar-refractivity contribution in [3.63, 3.8) is 0 Å². The third kappa shape index (κ3) is 4.68. The minimum Gasteiger partial charge on any atom is -0.507 e. The molecule has 0 spiro atoms. The monoisotopic (exact) mass is 390 g/mol. The zero-order valence-electron chi connectivity index (χ0n) is 15.6. The number of rotatable bonds is 5. The van der Waals surface area contributed by atoms with Crippen molar-refractivity contribution >= 4 is 17.7 Å². The maximum Gasteiger partial charge on any atom is 0.347 e. The summed E-state index contributed by atoms with van der Waals surface area (Å²) in [5, 5.41) is 9.98. The number of hydrogen-bond acceptors (Lipinski definition) is 6. The van der Waals surface area contributed by atoms with Crippen LogP contribution in [0.1, 0.15) is 34.1 Å². The van der Waals surface area contributed by atoms with E-state index in [1.807, 2.05) is 0 Å². The quantitative estimate of drug-likeness (QED) is 0.464. The molecule has 146 valence electrons. The first-order valence-corrected chi connectivity index (χ1v) is 8.87. The molecule has 0 saturated heterocycles. The largest absolute Gasteiger partial charge is 0.507 e. The molecule has 2 aromatic rings. The molecule has 1 N–H and O–H groups in total. The van der Waals surface area contributed by atoms with E-state index < -0.39 is 11.9 Å². The Morgan fingerprint density at radius 2 is 1.45 bits per heavy atom. The van der Waals surface area contributed by atoms with Gasteiger partial charge in [-0.25, -0.2) is 9.59 Å². The smallest absolute Gasteiger partial charge is 0.347 e. The predicted octanol–water partition coefficient (Wildman–Crippen LogP) is 4.34. The van der Waals surface area contributed by atoms with E-state index in [9.17, 15) is 19.5 Å². The van der Waals surface area contributed by atoms with E-state index in [1.54, 1.807) is 42.5 Å². The van der Waals surface area contributed by atoms with Gasteiger partial charge in [0.1, 0.15) is 28.4 Å². The Morgan fingerprint density at radius 1 is 0.862 bits per heavy atom. The second-order valence-electron chi connectivity index (χ2n) is 6.16. The van der Waals surface area contributed by atoms with Gasteiger partial charge in [0.2, 0.25) is 0 Å². The van der Waals surface area contributed by atoms with Crippen LogP contribution < -0.4 is 9.47 Å². The highest BCUT2D eigenvalue weighted by atomic mass is 16.6. The van der Waals surface area contributed by atoms with E-state index in [0.29, 0.717) is 6.42 Å². The topological polar surface area (TPSA) is 89.9 Å². The van der Waals surface area contributed by atoms with Gasteiger partial charge in [-0.05, 0) is 49.8 Å². The van der Waals surface area contributed by atoms with Gasteiger partial charge in [-0.3, -0.25) is 4.79 Å². The third-order valence-electron chi connectivity index (χ3n) is 4.12. The van der Waals surface area contributed by atoms with E-state index in [2.05, 4.69) is 0 Å². The van der Waals surface area contributed by atoms with Gasteiger partial charge in [0.25, 0.3) is 0 Å². The minimum atomic E-state index is -0.810. The number of aliphatic hydroxyl groups excluding tert-OH is 1. The van der Waals surface area contributed by atoms with Crippen molar-refractivity contribution in [3.8, 4) is 11.5 Å². The molecule has 1 aliphatic carbocycles. The Kier molecular flexibility index (Phi) is 6.04. The molecule has 0 radical (unpaired) electrons. The zero-order valence-corrected chi connectivity index (χ0v) is 15.6. The van der Waals surface area contributed by atoms with Gasteiger partial charge in [-0.15, -0.1) is 0 Å². The predicted molar refractivity (Wildman–Crippen MR) is 106 cm³/mol. The van der Waals surface area contributed by atoms with Crippen LogP contribution in [0.2, 0.25) is 0 Å². The average Bonchev–Trinajstić information content (AvgIpc) is 2.93. The highest BCUT2D eigenvalue weighted by Crippen LogP contribution is 2.25. The number of hydrogen-bond donors (Lipinski definition) is 1. The maximum absolute atomic E-state index is 12.7. The SMILES string of the molecule is CC(=O)c1ccccc1OC(=O)c1ccccc1OC(=O)C1=CC=CCC=C1O. The van der Waals surface area contributed by atoms with Crippen LogP contribution >= 0.6 is 0 Å². The molecule has 0 atom stereocenters. The van der Waals surface area contributed by atoms with Gasteiger partial charge in [-0.2, -0.15) is 0 Å². The molecule has 6 heteroatoms. The van der Waals surface area contributed by atoms with Crippen molar-refractivity contribution in [2.75, 3.05) is 0 Å². The number of esters is 2. The molecule has 0 amide bonds. The van der Waals surface area contributed by atoms with E-state index in [1.165, 1.54) is 37.3 Å². The van der Waals surface area contributed by atoms with Crippen LogP contribution in [0.15, 0.2) is 84.2 Å². The van der Waals surface area contributed by atoms with Crippen molar-refractivity contribution in [1.29, 1.82) is 0 Å². The fraction of sp³-hybridized carbons (Fsp3) is 0.0870. The molecule has 0 fully saturated rings. The van der Waals surface area contributed by atoms with Crippen LogP contribution in [-0.4, -0.2) is 22.8 Å². The van der Waals surface area contributed by atoms with Gasteiger partial charge in [-0.1, -0.05) is 36.4 Å². The van der Waals surface area contributed by atoms with Gasteiger partial charge in [0, 0.05) is 0 Å². The van der Waals surface area contributed by atoms with Crippen LogP contribution in [0.3, 0.4) is 0 Å². The summed E-state index contributed by atoms with van der Waals surface area (Å²) >= 11 is 0. The van der Waals surface area contributed by atoms with Gasteiger partial charge < -0.3 is 14.6 Å².